The molecule has 0 fully saturated rings. The normalized spacial score (nSPS) is 13.0. The Hall–Kier alpha value is -2.62. The van der Waals surface area contributed by atoms with E-state index in [0.717, 1.165) is 36.1 Å². The second-order valence-corrected chi connectivity index (χ2v) is 7.55. The number of halogens is 1. The second kappa shape index (κ2) is 8.85. The first-order valence-corrected chi connectivity index (χ1v) is 9.72. The van der Waals surface area contributed by atoms with Crippen LogP contribution in [-0.4, -0.2) is 18.5 Å². The first kappa shape index (κ1) is 19.2. The molecule has 0 spiro atoms. The smallest absolute Gasteiger partial charge is 0.331 e. The number of carbonyl (C=O) groups excluding carboxylic acids is 2. The molecule has 1 aliphatic rings. The number of ether oxygens (including phenoxy) is 1. The third-order valence-corrected chi connectivity index (χ3v) is 5.74. The molecule has 138 valence electrons. The summed E-state index contributed by atoms with van der Waals surface area (Å²) < 4.78 is 4.95. The highest BCUT2D eigenvalue weighted by molar-refractivity contribution is 7.16. The molecule has 1 heterocycles. The van der Waals surface area contributed by atoms with Crippen molar-refractivity contribution >= 4 is 45.9 Å². The highest BCUT2D eigenvalue weighted by atomic mass is 35.5. The van der Waals surface area contributed by atoms with Crippen molar-refractivity contribution in [1.82, 2.24) is 0 Å². The van der Waals surface area contributed by atoms with Crippen molar-refractivity contribution in [3.63, 3.8) is 0 Å². The van der Waals surface area contributed by atoms with Crippen LogP contribution in [0.4, 0.5) is 5.00 Å². The van der Waals surface area contributed by atoms with E-state index in [4.69, 9.17) is 16.3 Å². The highest BCUT2D eigenvalue weighted by Gasteiger charge is 2.21. The van der Waals surface area contributed by atoms with Crippen LogP contribution >= 0.6 is 22.9 Å². The van der Waals surface area contributed by atoms with Gasteiger partial charge in [-0.2, -0.15) is 5.26 Å². The van der Waals surface area contributed by atoms with Crippen molar-refractivity contribution in [3.05, 3.63) is 56.9 Å². The van der Waals surface area contributed by atoms with Crippen molar-refractivity contribution in [2.24, 2.45) is 0 Å². The van der Waals surface area contributed by atoms with Crippen molar-refractivity contribution in [3.8, 4) is 6.07 Å². The number of benzene rings is 1. The van der Waals surface area contributed by atoms with Gasteiger partial charge in [0.1, 0.15) is 11.1 Å². The topological polar surface area (TPSA) is 79.2 Å². The zero-order valence-corrected chi connectivity index (χ0v) is 16.0. The molecule has 0 saturated heterocycles. The summed E-state index contributed by atoms with van der Waals surface area (Å²) in [5.41, 5.74) is 2.26. The molecular weight excluding hydrogens is 384 g/mol. The van der Waals surface area contributed by atoms with E-state index in [9.17, 15) is 14.9 Å². The van der Waals surface area contributed by atoms with Gasteiger partial charge >= 0.3 is 5.97 Å². The summed E-state index contributed by atoms with van der Waals surface area (Å²) in [7, 11) is 0. The van der Waals surface area contributed by atoms with Gasteiger partial charge in [0.2, 0.25) is 0 Å². The first-order chi connectivity index (χ1) is 13.1. The summed E-state index contributed by atoms with van der Waals surface area (Å²) in [6, 6.07) is 9.26. The minimum absolute atomic E-state index is 0.418. The summed E-state index contributed by atoms with van der Waals surface area (Å²) in [5.74, 6) is -1.11. The highest BCUT2D eigenvalue weighted by Crippen LogP contribution is 2.37. The van der Waals surface area contributed by atoms with Crippen LogP contribution in [0.3, 0.4) is 0 Å². The van der Waals surface area contributed by atoms with E-state index in [2.05, 4.69) is 11.4 Å². The zero-order valence-electron chi connectivity index (χ0n) is 14.5. The van der Waals surface area contributed by atoms with Crippen molar-refractivity contribution in [2.45, 2.75) is 25.7 Å². The largest absolute Gasteiger partial charge is 0.452 e. The molecule has 3 rings (SSSR count). The maximum absolute atomic E-state index is 12.1. The minimum atomic E-state index is -0.643. The van der Waals surface area contributed by atoms with E-state index in [0.29, 0.717) is 21.2 Å². The zero-order chi connectivity index (χ0) is 19.2. The summed E-state index contributed by atoms with van der Waals surface area (Å²) in [4.78, 5) is 25.0. The molecule has 0 bridgehead atoms. The number of thiophene rings is 1. The van der Waals surface area contributed by atoms with Crippen LogP contribution in [0, 0.1) is 11.3 Å². The lowest BCUT2D eigenvalue weighted by Crippen LogP contribution is -2.20. The molecule has 7 heteroatoms. The van der Waals surface area contributed by atoms with Gasteiger partial charge in [0.15, 0.2) is 6.61 Å². The Morgan fingerprint density at radius 1 is 1.30 bits per heavy atom. The number of nitrogens with one attached hydrogen (secondary N) is 1. The van der Waals surface area contributed by atoms with Crippen LogP contribution in [0.5, 0.6) is 0 Å². The fraction of sp³-hybridized carbons (Fsp3) is 0.250. The predicted octanol–water partition coefficient (Wildman–Crippen LogP) is 4.35. The molecule has 0 saturated carbocycles. The molecule has 0 aliphatic heterocycles. The van der Waals surface area contributed by atoms with Gasteiger partial charge in [-0.25, -0.2) is 4.79 Å². The Morgan fingerprint density at radius 2 is 2.07 bits per heavy atom. The van der Waals surface area contributed by atoms with Gasteiger partial charge in [0.25, 0.3) is 5.91 Å². The molecule has 2 aromatic rings. The van der Waals surface area contributed by atoms with Crippen LogP contribution in [0.1, 0.15) is 34.4 Å². The lowest BCUT2D eigenvalue weighted by Gasteiger charge is -2.09. The van der Waals surface area contributed by atoms with Gasteiger partial charge in [-0.05, 0) is 49.0 Å². The summed E-state index contributed by atoms with van der Waals surface area (Å²) in [5, 5.41) is 13.1. The van der Waals surface area contributed by atoms with Gasteiger partial charge in [0.05, 0.1) is 5.56 Å². The van der Waals surface area contributed by atoms with Crippen molar-refractivity contribution in [1.29, 1.82) is 5.26 Å². The van der Waals surface area contributed by atoms with Gasteiger partial charge in [0, 0.05) is 16.0 Å². The van der Waals surface area contributed by atoms with E-state index < -0.39 is 18.5 Å². The molecule has 0 atom stereocenters. The van der Waals surface area contributed by atoms with Crippen LogP contribution in [0.15, 0.2) is 30.3 Å². The molecule has 1 aromatic heterocycles. The number of esters is 1. The number of carbonyl (C=O) groups is 2. The summed E-state index contributed by atoms with van der Waals surface area (Å²) in [6.07, 6.45) is 6.71. The maximum atomic E-state index is 12.1. The van der Waals surface area contributed by atoms with Crippen LogP contribution in [0.2, 0.25) is 5.02 Å². The maximum Gasteiger partial charge on any atom is 0.331 e. The number of hydrogen-bond donors (Lipinski definition) is 1. The number of amides is 1. The quantitative estimate of drug-likeness (QED) is 0.597. The van der Waals surface area contributed by atoms with Gasteiger partial charge in [-0.1, -0.05) is 29.8 Å². The number of anilines is 1. The lowest BCUT2D eigenvalue weighted by molar-refractivity contribution is -0.142. The van der Waals surface area contributed by atoms with E-state index in [-0.39, 0.29) is 0 Å². The molecule has 1 amide bonds. The SMILES string of the molecule is N#Cc1c(NC(=O)COC(=O)/C=C/c2ccccc2Cl)sc2c1CCCC2. The predicted molar refractivity (Wildman–Crippen MR) is 106 cm³/mol. The van der Waals surface area contributed by atoms with E-state index >= 15 is 0 Å². The Bertz CT molecular complexity index is 943. The monoisotopic (exact) mass is 400 g/mol. The number of fused-ring (bicyclic) bond motifs is 1. The number of aryl methyl sites for hydroxylation is 1. The summed E-state index contributed by atoms with van der Waals surface area (Å²) >= 11 is 7.44. The van der Waals surface area contributed by atoms with Crippen LogP contribution in [0.25, 0.3) is 6.08 Å². The molecule has 0 unspecified atom stereocenters. The molecule has 27 heavy (non-hydrogen) atoms. The number of nitriles is 1. The number of nitrogens with zero attached hydrogens (tertiary/aromatic N) is 1. The van der Waals surface area contributed by atoms with E-state index in [1.165, 1.54) is 23.5 Å². The first-order valence-electron chi connectivity index (χ1n) is 8.52. The molecule has 1 N–H and O–H groups in total. The third-order valence-electron chi connectivity index (χ3n) is 4.19. The van der Waals surface area contributed by atoms with Crippen LogP contribution in [-0.2, 0) is 27.2 Å². The average molecular weight is 401 g/mol. The van der Waals surface area contributed by atoms with Gasteiger partial charge in [-0.15, -0.1) is 11.3 Å². The van der Waals surface area contributed by atoms with Crippen molar-refractivity contribution in [2.75, 3.05) is 11.9 Å². The van der Waals surface area contributed by atoms with Crippen LogP contribution < -0.4 is 5.32 Å². The van der Waals surface area contributed by atoms with Gasteiger partial charge in [-0.3, -0.25) is 4.79 Å². The Balaban J connectivity index is 1.56. The fourth-order valence-electron chi connectivity index (χ4n) is 2.89. The number of rotatable bonds is 5. The Labute approximate surface area is 166 Å². The molecule has 1 aromatic carbocycles. The molecule has 1 aliphatic carbocycles. The molecule has 0 radical (unpaired) electrons. The standard InChI is InChI=1S/C20H17ClN2O3S/c21-16-7-3-1-5-13(16)9-10-19(25)26-12-18(24)23-20-15(11-22)14-6-2-4-8-17(14)27-20/h1,3,5,7,9-10H,2,4,6,8,12H2,(H,23,24)/b10-9+. The van der Waals surface area contributed by atoms with Crippen molar-refractivity contribution < 1.29 is 14.3 Å². The second-order valence-electron chi connectivity index (χ2n) is 6.04. The minimum Gasteiger partial charge on any atom is -0.452 e. The fourth-order valence-corrected chi connectivity index (χ4v) is 4.34. The molecule has 5 nitrogen and oxygen atoms in total. The summed E-state index contributed by atoms with van der Waals surface area (Å²) in [6.45, 7) is -0.418. The lowest BCUT2D eigenvalue weighted by atomic mass is 9.96. The third kappa shape index (κ3) is 4.76. The Kier molecular flexibility index (Phi) is 6.28. The molecular formula is C20H17ClN2O3S. The van der Waals surface area contributed by atoms with E-state index in [1.807, 2.05) is 0 Å². The average Bonchev–Trinajstić information content (AvgIpc) is 3.02. The Morgan fingerprint density at radius 3 is 2.85 bits per heavy atom. The van der Waals surface area contributed by atoms with E-state index in [1.54, 1.807) is 24.3 Å². The van der Waals surface area contributed by atoms with Gasteiger partial charge < -0.3 is 10.1 Å². The number of hydrogen-bond acceptors (Lipinski definition) is 5.